The van der Waals surface area contributed by atoms with Gasteiger partial charge in [-0.25, -0.2) is 14.4 Å². The quantitative estimate of drug-likeness (QED) is 0.580. The zero-order valence-electron chi connectivity index (χ0n) is 11.4. The highest BCUT2D eigenvalue weighted by molar-refractivity contribution is 9.10. The molecule has 0 aliphatic carbocycles. The smallest absolute Gasteiger partial charge is 0.151 e. The Morgan fingerprint density at radius 3 is 2.71 bits per heavy atom. The molecular formula is C15H12BrClFN3. The van der Waals surface area contributed by atoms with Gasteiger partial charge in [-0.05, 0) is 53.5 Å². The molecule has 0 saturated heterocycles. The monoisotopic (exact) mass is 367 g/mol. The number of hydrogen-bond acceptors (Lipinski definition) is 2. The van der Waals surface area contributed by atoms with Gasteiger partial charge in [0, 0.05) is 17.8 Å². The predicted molar refractivity (Wildman–Crippen MR) is 86.0 cm³/mol. The number of fused-ring (bicyclic) bond motifs is 1. The molecule has 0 aliphatic rings. The highest BCUT2D eigenvalue weighted by atomic mass is 79.9. The second kappa shape index (κ2) is 5.39. The number of benzene rings is 1. The molecule has 6 heteroatoms. The topological polar surface area (TPSA) is 30.7 Å². The molecule has 0 aliphatic heterocycles. The van der Waals surface area contributed by atoms with Crippen LogP contribution in [0.4, 0.5) is 4.39 Å². The van der Waals surface area contributed by atoms with Crippen LogP contribution in [0.25, 0.3) is 22.2 Å². The van der Waals surface area contributed by atoms with Gasteiger partial charge in [0.1, 0.15) is 10.1 Å². The minimum Gasteiger partial charge on any atom is -0.328 e. The van der Waals surface area contributed by atoms with Crippen LogP contribution in [0.2, 0.25) is 5.02 Å². The third-order valence-corrected chi connectivity index (χ3v) is 4.06. The summed E-state index contributed by atoms with van der Waals surface area (Å²) in [6.45, 7) is 4.06. The first kappa shape index (κ1) is 14.5. The van der Waals surface area contributed by atoms with Crippen LogP contribution in [0.15, 0.2) is 35.3 Å². The van der Waals surface area contributed by atoms with Crippen molar-refractivity contribution in [3.8, 4) is 11.1 Å². The number of rotatable bonds is 2. The Morgan fingerprint density at radius 1 is 1.24 bits per heavy atom. The molecule has 21 heavy (non-hydrogen) atoms. The molecule has 2 aromatic heterocycles. The lowest BCUT2D eigenvalue weighted by Gasteiger charge is -2.10. The van der Waals surface area contributed by atoms with Crippen molar-refractivity contribution in [3.63, 3.8) is 0 Å². The van der Waals surface area contributed by atoms with Crippen LogP contribution in [0.3, 0.4) is 0 Å². The van der Waals surface area contributed by atoms with Crippen molar-refractivity contribution >= 4 is 38.6 Å². The minimum absolute atomic E-state index is 0.198. The van der Waals surface area contributed by atoms with Crippen LogP contribution in [-0.4, -0.2) is 14.5 Å². The Morgan fingerprint density at radius 2 is 2.00 bits per heavy atom. The molecule has 3 aromatic rings. The fraction of sp³-hybridized carbons (Fsp3) is 0.200. The average Bonchev–Trinajstić information content (AvgIpc) is 2.86. The highest BCUT2D eigenvalue weighted by Crippen LogP contribution is 2.33. The van der Waals surface area contributed by atoms with Gasteiger partial charge in [-0.2, -0.15) is 0 Å². The molecule has 0 saturated carbocycles. The molecule has 2 heterocycles. The average molecular weight is 369 g/mol. The lowest BCUT2D eigenvalue weighted by molar-refractivity contribution is 0.617. The molecule has 0 N–H and O–H groups in total. The predicted octanol–water partition coefficient (Wildman–Crippen LogP) is 5.23. The van der Waals surface area contributed by atoms with E-state index < -0.39 is 0 Å². The van der Waals surface area contributed by atoms with Gasteiger partial charge < -0.3 is 4.57 Å². The second-order valence-corrected chi connectivity index (χ2v) is 6.28. The maximum Gasteiger partial charge on any atom is 0.151 e. The molecular weight excluding hydrogens is 357 g/mol. The van der Waals surface area contributed by atoms with Crippen molar-refractivity contribution in [2.45, 2.75) is 19.9 Å². The summed E-state index contributed by atoms with van der Waals surface area (Å²) in [5.41, 5.74) is 2.56. The fourth-order valence-electron chi connectivity index (χ4n) is 2.29. The highest BCUT2D eigenvalue weighted by Gasteiger charge is 2.14. The number of halogens is 3. The second-order valence-electron chi connectivity index (χ2n) is 5.06. The largest absolute Gasteiger partial charge is 0.328 e. The van der Waals surface area contributed by atoms with Gasteiger partial charge in [0.2, 0.25) is 0 Å². The Kier molecular flexibility index (Phi) is 3.71. The van der Waals surface area contributed by atoms with Crippen molar-refractivity contribution in [1.82, 2.24) is 14.5 Å². The van der Waals surface area contributed by atoms with Crippen molar-refractivity contribution in [3.05, 3.63) is 46.2 Å². The summed E-state index contributed by atoms with van der Waals surface area (Å²) in [6, 6.07) is 5.33. The number of nitrogens with zero attached hydrogens (tertiary/aromatic N) is 3. The maximum absolute atomic E-state index is 14.3. The summed E-state index contributed by atoms with van der Waals surface area (Å²) >= 11 is 9.49. The van der Waals surface area contributed by atoms with Gasteiger partial charge in [0.05, 0.1) is 16.9 Å². The summed E-state index contributed by atoms with van der Waals surface area (Å²) in [5.74, 6) is -0.356. The summed E-state index contributed by atoms with van der Waals surface area (Å²) in [7, 11) is 0. The Labute approximate surface area is 134 Å². The van der Waals surface area contributed by atoms with Gasteiger partial charge in [-0.15, -0.1) is 0 Å². The maximum atomic E-state index is 14.3. The van der Waals surface area contributed by atoms with Crippen LogP contribution in [-0.2, 0) is 0 Å². The van der Waals surface area contributed by atoms with Crippen molar-refractivity contribution in [2.75, 3.05) is 0 Å². The van der Waals surface area contributed by atoms with Gasteiger partial charge in [-0.3, -0.25) is 0 Å². The van der Waals surface area contributed by atoms with E-state index in [-0.39, 0.29) is 11.9 Å². The van der Waals surface area contributed by atoms with Gasteiger partial charge >= 0.3 is 0 Å². The van der Waals surface area contributed by atoms with Crippen molar-refractivity contribution in [2.24, 2.45) is 0 Å². The molecule has 3 nitrogen and oxygen atoms in total. The number of imidazole rings is 1. The van der Waals surface area contributed by atoms with E-state index in [1.165, 1.54) is 6.07 Å². The standard InChI is InChI=1S/C15H12BrClFN3/c1-8(2)21-7-20-15-12(18)3-9(4-13(15)21)10-5-14(16)19-6-11(10)17/h3-8H,1-2H3. The summed E-state index contributed by atoms with van der Waals surface area (Å²) in [6.07, 6.45) is 3.20. The van der Waals surface area contributed by atoms with E-state index in [9.17, 15) is 4.39 Å². The minimum atomic E-state index is -0.356. The van der Waals surface area contributed by atoms with Crippen LogP contribution in [0.1, 0.15) is 19.9 Å². The molecule has 3 rings (SSSR count). The van der Waals surface area contributed by atoms with Gasteiger partial charge in [-0.1, -0.05) is 11.6 Å². The number of aromatic nitrogens is 3. The van der Waals surface area contributed by atoms with Crippen LogP contribution >= 0.6 is 27.5 Å². The molecule has 0 radical (unpaired) electrons. The van der Waals surface area contributed by atoms with E-state index in [1.54, 1.807) is 18.6 Å². The van der Waals surface area contributed by atoms with E-state index in [2.05, 4.69) is 25.9 Å². The molecule has 0 fully saturated rings. The van der Waals surface area contributed by atoms with Gasteiger partial charge in [0.15, 0.2) is 5.82 Å². The van der Waals surface area contributed by atoms with Crippen molar-refractivity contribution < 1.29 is 4.39 Å². The first-order valence-electron chi connectivity index (χ1n) is 6.45. The number of pyridine rings is 1. The summed E-state index contributed by atoms with van der Waals surface area (Å²) in [4.78, 5) is 8.21. The molecule has 0 bridgehead atoms. The molecule has 0 atom stereocenters. The molecule has 0 amide bonds. The first-order chi connectivity index (χ1) is 9.97. The zero-order chi connectivity index (χ0) is 15.1. The lowest BCUT2D eigenvalue weighted by atomic mass is 10.1. The lowest BCUT2D eigenvalue weighted by Crippen LogP contribution is -1.98. The van der Waals surface area contributed by atoms with E-state index in [4.69, 9.17) is 11.6 Å². The van der Waals surface area contributed by atoms with Crippen LogP contribution in [0, 0.1) is 5.82 Å². The number of hydrogen-bond donors (Lipinski definition) is 0. The molecule has 108 valence electrons. The third kappa shape index (κ3) is 2.56. The van der Waals surface area contributed by atoms with Crippen LogP contribution in [0.5, 0.6) is 0 Å². The summed E-state index contributed by atoms with van der Waals surface area (Å²) in [5, 5.41) is 0.479. The van der Waals surface area contributed by atoms with E-state index in [0.29, 0.717) is 20.7 Å². The third-order valence-electron chi connectivity index (χ3n) is 3.32. The Balaban J connectivity index is 2.28. The Bertz CT molecular complexity index is 829. The SMILES string of the molecule is CC(C)n1cnc2c(F)cc(-c3cc(Br)ncc3Cl)cc21. The molecule has 0 unspecified atom stereocenters. The van der Waals surface area contributed by atoms with Crippen LogP contribution < -0.4 is 0 Å². The van der Waals surface area contributed by atoms with E-state index in [1.807, 2.05) is 24.5 Å². The Hall–Kier alpha value is -1.46. The van der Waals surface area contributed by atoms with E-state index >= 15 is 0 Å². The normalized spacial score (nSPS) is 11.5. The fourth-order valence-corrected chi connectivity index (χ4v) is 2.84. The zero-order valence-corrected chi connectivity index (χ0v) is 13.8. The van der Waals surface area contributed by atoms with Gasteiger partial charge in [0.25, 0.3) is 0 Å². The van der Waals surface area contributed by atoms with Crippen molar-refractivity contribution in [1.29, 1.82) is 0 Å². The first-order valence-corrected chi connectivity index (χ1v) is 7.62. The molecule has 0 spiro atoms. The van der Waals surface area contributed by atoms with E-state index in [0.717, 1.165) is 11.1 Å². The summed E-state index contributed by atoms with van der Waals surface area (Å²) < 4.78 is 16.9. The molecule has 1 aromatic carbocycles.